The summed E-state index contributed by atoms with van der Waals surface area (Å²) in [6.45, 7) is 13.4. The quantitative estimate of drug-likeness (QED) is 0.385. The van der Waals surface area contributed by atoms with E-state index in [0.717, 1.165) is 5.39 Å². The summed E-state index contributed by atoms with van der Waals surface area (Å²) in [6.07, 6.45) is 0.774. The average molecular weight is 521 g/mol. The molecule has 0 spiro atoms. The highest BCUT2D eigenvalue weighted by atomic mass is 28.4. The Morgan fingerprint density at radius 1 is 1.11 bits per heavy atom. The maximum absolute atomic E-state index is 14.1. The second-order valence-electron chi connectivity index (χ2n) is 12.4. The number of carbonyl (C=O) groups is 2. The van der Waals surface area contributed by atoms with Gasteiger partial charge in [0.2, 0.25) is 11.8 Å². The molecule has 5 unspecified atom stereocenters. The van der Waals surface area contributed by atoms with Gasteiger partial charge in [-0.15, -0.1) is 0 Å². The van der Waals surface area contributed by atoms with Crippen molar-refractivity contribution in [1.29, 1.82) is 5.26 Å². The van der Waals surface area contributed by atoms with E-state index in [1.54, 1.807) is 19.2 Å². The second-order valence-corrected chi connectivity index (χ2v) is 17.2. The van der Waals surface area contributed by atoms with Crippen LogP contribution in [0.25, 0.3) is 10.8 Å². The largest absolute Gasteiger partial charge is 0.417 e. The number of hydrogen-bond acceptors (Lipinski definition) is 6. The summed E-state index contributed by atoms with van der Waals surface area (Å²) in [5.41, 5.74) is -0.705. The molecule has 2 amide bonds. The maximum atomic E-state index is 14.1. The molecule has 3 heterocycles. The standard InChI is InChI=1S/C29H36N2O5Si/c1-27(2,3)37(6,7)35-15-14-29-16-22(34-5)28(4,36-29)23-24(29)26(33)31(25(23)32)21-13-12-18(17-30)19-10-8-9-11-20(19)21/h8-13,22-24H,14-16H2,1-7H3. The summed E-state index contributed by atoms with van der Waals surface area (Å²) >= 11 is 0. The number of benzene rings is 2. The van der Waals surface area contributed by atoms with Gasteiger partial charge in [0.05, 0.1) is 40.9 Å². The first-order chi connectivity index (χ1) is 17.3. The second kappa shape index (κ2) is 8.47. The normalized spacial score (nSPS) is 31.3. The van der Waals surface area contributed by atoms with E-state index in [2.05, 4.69) is 39.9 Å². The lowest BCUT2D eigenvalue weighted by molar-refractivity contribution is -0.135. The first-order valence-electron chi connectivity index (χ1n) is 13.0. The third-order valence-corrected chi connectivity index (χ3v) is 14.0. The van der Waals surface area contributed by atoms with E-state index in [4.69, 9.17) is 13.9 Å². The molecule has 0 N–H and O–H groups in total. The first-order valence-corrected chi connectivity index (χ1v) is 15.9. The molecule has 8 heteroatoms. The fourth-order valence-electron chi connectivity index (χ4n) is 6.43. The van der Waals surface area contributed by atoms with Crippen LogP contribution in [0.15, 0.2) is 36.4 Å². The lowest BCUT2D eigenvalue weighted by Gasteiger charge is -2.38. The number of nitriles is 1. The van der Waals surface area contributed by atoms with Gasteiger partial charge in [-0.3, -0.25) is 9.59 Å². The Morgan fingerprint density at radius 3 is 2.38 bits per heavy atom. The minimum Gasteiger partial charge on any atom is -0.417 e. The van der Waals surface area contributed by atoms with Crippen LogP contribution in [0.3, 0.4) is 0 Å². The van der Waals surface area contributed by atoms with Crippen molar-refractivity contribution in [1.82, 2.24) is 0 Å². The number of ether oxygens (including phenoxy) is 2. The van der Waals surface area contributed by atoms with Gasteiger partial charge >= 0.3 is 0 Å². The number of nitrogens with zero attached hydrogens (tertiary/aromatic N) is 2. The fraction of sp³-hybridized carbons (Fsp3) is 0.552. The molecule has 7 nitrogen and oxygen atoms in total. The molecule has 3 aliphatic rings. The van der Waals surface area contributed by atoms with Crippen LogP contribution in [0.2, 0.25) is 18.1 Å². The molecule has 196 valence electrons. The summed E-state index contributed by atoms with van der Waals surface area (Å²) in [4.78, 5) is 29.5. The number of anilines is 1. The molecule has 3 fully saturated rings. The number of carbonyl (C=O) groups excluding carboxylic acids is 2. The maximum Gasteiger partial charge on any atom is 0.240 e. The minimum absolute atomic E-state index is 0.0651. The van der Waals surface area contributed by atoms with Crippen LogP contribution < -0.4 is 4.90 Å². The van der Waals surface area contributed by atoms with Crippen molar-refractivity contribution in [2.75, 3.05) is 18.6 Å². The average Bonchev–Trinajstić information content (AvgIpc) is 3.39. The van der Waals surface area contributed by atoms with Crippen LogP contribution in [-0.4, -0.2) is 51.2 Å². The van der Waals surface area contributed by atoms with E-state index in [0.29, 0.717) is 36.1 Å². The number of rotatable bonds is 6. The third kappa shape index (κ3) is 3.63. The third-order valence-electron chi connectivity index (χ3n) is 9.43. The zero-order valence-corrected chi connectivity index (χ0v) is 23.8. The Morgan fingerprint density at radius 2 is 1.76 bits per heavy atom. The summed E-state index contributed by atoms with van der Waals surface area (Å²) < 4.78 is 19.0. The summed E-state index contributed by atoms with van der Waals surface area (Å²) in [5, 5.41) is 11.1. The minimum atomic E-state index is -2.00. The number of methoxy groups -OCH3 is 1. The first kappa shape index (κ1) is 26.1. The SMILES string of the molecule is COC1CC2(CCO[Si](C)(C)C(C)(C)C)OC1(C)C1C(=O)N(c3ccc(C#N)c4ccccc34)C(=O)C12. The van der Waals surface area contributed by atoms with E-state index >= 15 is 0 Å². The molecule has 0 radical (unpaired) electrons. The predicted molar refractivity (Wildman–Crippen MR) is 144 cm³/mol. The van der Waals surface area contributed by atoms with Crippen LogP contribution in [0.5, 0.6) is 0 Å². The highest BCUT2D eigenvalue weighted by Crippen LogP contribution is 2.63. The molecule has 2 aromatic rings. The number of fused-ring (bicyclic) bond motifs is 6. The van der Waals surface area contributed by atoms with Crippen LogP contribution in [0.1, 0.15) is 46.1 Å². The van der Waals surface area contributed by atoms with Gasteiger partial charge in [-0.2, -0.15) is 5.26 Å². The molecule has 5 rings (SSSR count). The van der Waals surface area contributed by atoms with E-state index in [9.17, 15) is 14.9 Å². The number of amides is 2. The van der Waals surface area contributed by atoms with Crippen molar-refractivity contribution in [2.24, 2.45) is 11.8 Å². The fourth-order valence-corrected chi connectivity index (χ4v) is 7.47. The zero-order valence-electron chi connectivity index (χ0n) is 22.8. The van der Waals surface area contributed by atoms with Crippen molar-refractivity contribution in [2.45, 2.75) is 76.0 Å². The van der Waals surface area contributed by atoms with Gasteiger partial charge in [-0.05, 0) is 43.6 Å². The smallest absolute Gasteiger partial charge is 0.240 e. The van der Waals surface area contributed by atoms with Crippen LogP contribution in [0, 0.1) is 23.2 Å². The Bertz CT molecular complexity index is 1330. The van der Waals surface area contributed by atoms with Gasteiger partial charge in [0.15, 0.2) is 8.32 Å². The predicted octanol–water partition coefficient (Wildman–Crippen LogP) is 5.18. The Labute approximate surface area is 219 Å². The molecule has 3 aliphatic heterocycles. The molecule has 0 aromatic heterocycles. The van der Waals surface area contributed by atoms with Crippen molar-refractivity contribution < 1.29 is 23.5 Å². The van der Waals surface area contributed by atoms with Gasteiger partial charge in [0.1, 0.15) is 5.60 Å². The summed E-state index contributed by atoms with van der Waals surface area (Å²) in [7, 11) is -0.357. The molecular formula is C29H36N2O5Si. The van der Waals surface area contributed by atoms with E-state index in [1.807, 2.05) is 31.2 Å². The monoisotopic (exact) mass is 520 g/mol. The summed E-state index contributed by atoms with van der Waals surface area (Å²) in [6, 6.07) is 13.0. The van der Waals surface area contributed by atoms with Gasteiger partial charge < -0.3 is 13.9 Å². The van der Waals surface area contributed by atoms with E-state index in [1.165, 1.54) is 4.90 Å². The Hall–Kier alpha value is -2.57. The Kier molecular flexibility index (Phi) is 5.96. The van der Waals surface area contributed by atoms with Crippen molar-refractivity contribution >= 4 is 36.6 Å². The van der Waals surface area contributed by atoms with E-state index in [-0.39, 0.29) is 23.0 Å². The highest BCUT2D eigenvalue weighted by Gasteiger charge is 2.77. The molecular weight excluding hydrogens is 484 g/mol. The van der Waals surface area contributed by atoms with Gasteiger partial charge in [0.25, 0.3) is 0 Å². The van der Waals surface area contributed by atoms with Gasteiger partial charge in [-0.25, -0.2) is 4.90 Å². The van der Waals surface area contributed by atoms with E-state index < -0.39 is 31.4 Å². The number of hydrogen-bond donors (Lipinski definition) is 0. The van der Waals surface area contributed by atoms with Crippen LogP contribution in [0.4, 0.5) is 5.69 Å². The highest BCUT2D eigenvalue weighted by molar-refractivity contribution is 6.74. The molecule has 0 aliphatic carbocycles. The van der Waals surface area contributed by atoms with Crippen molar-refractivity contribution in [3.63, 3.8) is 0 Å². The molecule has 5 atom stereocenters. The van der Waals surface area contributed by atoms with Gasteiger partial charge in [0, 0.05) is 30.9 Å². The lowest BCUT2D eigenvalue weighted by Crippen LogP contribution is -2.50. The van der Waals surface area contributed by atoms with Crippen molar-refractivity contribution in [3.05, 3.63) is 42.0 Å². The molecule has 37 heavy (non-hydrogen) atoms. The van der Waals surface area contributed by atoms with Gasteiger partial charge in [-0.1, -0.05) is 45.0 Å². The topological polar surface area (TPSA) is 88.9 Å². The summed E-state index contributed by atoms with van der Waals surface area (Å²) in [5.74, 6) is -1.74. The van der Waals surface area contributed by atoms with Crippen LogP contribution >= 0.6 is 0 Å². The molecule has 0 saturated carbocycles. The lowest BCUT2D eigenvalue weighted by atomic mass is 9.66. The van der Waals surface area contributed by atoms with Crippen LogP contribution in [-0.2, 0) is 23.5 Å². The number of imide groups is 1. The Balaban J connectivity index is 1.53. The molecule has 2 bridgehead atoms. The molecule has 2 aromatic carbocycles. The molecule has 3 saturated heterocycles. The zero-order chi connectivity index (χ0) is 27.0. The van der Waals surface area contributed by atoms with Crippen molar-refractivity contribution in [3.8, 4) is 6.07 Å².